The van der Waals surface area contributed by atoms with Crippen molar-refractivity contribution in [2.24, 2.45) is 29.1 Å². The topological polar surface area (TPSA) is 46.2 Å². The standard InChI is InChI=1S/C29H35NO2/c1-20-12-7-4-5-10-17-26(31)29-24(16-11-13-20)18-21(2)22(3)27(29)25(30-28(29)32)19-23-14-8-6-9-15-23/h6-12,14-18,20,22,24-25,27H,4-5,13,19H2,1-3H3,(H,30,32)/b12-7+,16-11+,17-10+/t20-,22-,24+,25+,27+,29-/m1/s1. The maximum absolute atomic E-state index is 13.9. The molecule has 1 aromatic rings. The van der Waals surface area contributed by atoms with Gasteiger partial charge in [-0.2, -0.15) is 0 Å². The van der Waals surface area contributed by atoms with Gasteiger partial charge in [-0.15, -0.1) is 0 Å². The van der Waals surface area contributed by atoms with Crippen molar-refractivity contribution in [1.29, 1.82) is 0 Å². The average molecular weight is 430 g/mol. The van der Waals surface area contributed by atoms with E-state index in [0.29, 0.717) is 5.92 Å². The first-order chi connectivity index (χ1) is 15.4. The minimum absolute atomic E-state index is 0.0444. The van der Waals surface area contributed by atoms with E-state index in [-0.39, 0.29) is 35.5 Å². The van der Waals surface area contributed by atoms with E-state index in [2.05, 4.69) is 68.6 Å². The first-order valence-electron chi connectivity index (χ1n) is 12.0. The molecule has 0 aromatic heterocycles. The van der Waals surface area contributed by atoms with E-state index >= 15 is 0 Å². The summed E-state index contributed by atoms with van der Waals surface area (Å²) < 4.78 is 0. The smallest absolute Gasteiger partial charge is 0.235 e. The van der Waals surface area contributed by atoms with Gasteiger partial charge in [0.2, 0.25) is 5.91 Å². The van der Waals surface area contributed by atoms with Gasteiger partial charge in [-0.05, 0) is 56.1 Å². The number of amides is 1. The molecule has 3 aliphatic rings. The number of hydrogen-bond donors (Lipinski definition) is 1. The predicted molar refractivity (Wildman–Crippen MR) is 130 cm³/mol. The maximum atomic E-state index is 13.9. The van der Waals surface area contributed by atoms with E-state index in [1.54, 1.807) is 6.08 Å². The van der Waals surface area contributed by atoms with E-state index in [1.807, 2.05) is 24.3 Å². The fraction of sp³-hybridized carbons (Fsp3) is 0.448. The quantitative estimate of drug-likeness (QED) is 0.491. The molecule has 1 aliphatic heterocycles. The molecule has 0 radical (unpaired) electrons. The number of hydrogen-bond acceptors (Lipinski definition) is 2. The molecule has 0 saturated carbocycles. The van der Waals surface area contributed by atoms with Crippen LogP contribution in [-0.2, 0) is 16.0 Å². The lowest BCUT2D eigenvalue weighted by Crippen LogP contribution is -2.51. The molecule has 1 fully saturated rings. The molecular formula is C29H35NO2. The number of allylic oxidation sites excluding steroid dienone is 8. The Hall–Kier alpha value is -2.68. The van der Waals surface area contributed by atoms with Gasteiger partial charge in [-0.1, -0.05) is 86.2 Å². The molecule has 1 amide bonds. The van der Waals surface area contributed by atoms with Crippen LogP contribution in [-0.4, -0.2) is 17.7 Å². The van der Waals surface area contributed by atoms with Gasteiger partial charge in [0.25, 0.3) is 0 Å². The Morgan fingerprint density at radius 3 is 2.53 bits per heavy atom. The zero-order valence-electron chi connectivity index (χ0n) is 19.5. The molecule has 0 bridgehead atoms. The molecule has 3 nitrogen and oxygen atoms in total. The second-order valence-corrected chi connectivity index (χ2v) is 9.80. The van der Waals surface area contributed by atoms with Crippen molar-refractivity contribution in [1.82, 2.24) is 5.32 Å². The molecule has 3 heteroatoms. The Labute approximate surface area is 192 Å². The van der Waals surface area contributed by atoms with Crippen LogP contribution in [0, 0.1) is 29.1 Å². The summed E-state index contributed by atoms with van der Waals surface area (Å²) in [6.07, 6.45) is 17.9. The highest BCUT2D eigenvalue weighted by Crippen LogP contribution is 2.54. The van der Waals surface area contributed by atoms with Gasteiger partial charge in [0.15, 0.2) is 5.78 Å². The van der Waals surface area contributed by atoms with Gasteiger partial charge in [0, 0.05) is 17.9 Å². The van der Waals surface area contributed by atoms with Crippen molar-refractivity contribution in [2.45, 2.75) is 52.5 Å². The Kier molecular flexibility index (Phi) is 6.64. The minimum Gasteiger partial charge on any atom is -0.352 e. The van der Waals surface area contributed by atoms with Crippen molar-refractivity contribution < 1.29 is 9.59 Å². The van der Waals surface area contributed by atoms with Crippen LogP contribution in [0.1, 0.15) is 45.6 Å². The van der Waals surface area contributed by atoms with Crippen LogP contribution in [0.4, 0.5) is 0 Å². The van der Waals surface area contributed by atoms with Crippen LogP contribution in [0.15, 0.2) is 78.4 Å². The van der Waals surface area contributed by atoms with Gasteiger partial charge in [-0.3, -0.25) is 9.59 Å². The third-order valence-electron chi connectivity index (χ3n) is 7.67. The SMILES string of the molecule is CC1=C[C@@H]2/C=C/C[C@H](C)/C=C/CC/C=C/C(=O)[C@]23C(=O)N[C@@H](Cc2ccccc2)[C@@H]3[C@@H]1C. The van der Waals surface area contributed by atoms with E-state index in [9.17, 15) is 9.59 Å². The minimum atomic E-state index is -1.07. The normalized spacial score (nSPS) is 38.1. The van der Waals surface area contributed by atoms with Crippen molar-refractivity contribution in [3.8, 4) is 0 Å². The second-order valence-electron chi connectivity index (χ2n) is 9.80. The molecule has 4 rings (SSSR count). The van der Waals surface area contributed by atoms with Crippen molar-refractivity contribution in [3.63, 3.8) is 0 Å². The molecule has 0 unspecified atom stereocenters. The molecular weight excluding hydrogens is 394 g/mol. The van der Waals surface area contributed by atoms with Crippen LogP contribution in [0.3, 0.4) is 0 Å². The molecule has 1 aromatic carbocycles. The van der Waals surface area contributed by atoms with E-state index < -0.39 is 5.41 Å². The summed E-state index contributed by atoms with van der Waals surface area (Å²) in [5.74, 6) is 0.142. The fourth-order valence-electron chi connectivity index (χ4n) is 5.87. The van der Waals surface area contributed by atoms with Gasteiger partial charge >= 0.3 is 0 Å². The molecule has 1 saturated heterocycles. The largest absolute Gasteiger partial charge is 0.352 e. The first-order valence-corrected chi connectivity index (χ1v) is 12.0. The molecule has 1 N–H and O–H groups in total. The Balaban J connectivity index is 1.80. The molecule has 168 valence electrons. The van der Waals surface area contributed by atoms with E-state index in [4.69, 9.17) is 0 Å². The number of rotatable bonds is 2. The molecule has 2 aliphatic carbocycles. The van der Waals surface area contributed by atoms with E-state index in [0.717, 1.165) is 25.7 Å². The summed E-state index contributed by atoms with van der Waals surface area (Å²) in [4.78, 5) is 27.6. The predicted octanol–water partition coefficient (Wildman–Crippen LogP) is 5.60. The number of benzene rings is 1. The highest BCUT2D eigenvalue weighted by Gasteiger charge is 2.64. The van der Waals surface area contributed by atoms with Gasteiger partial charge < -0.3 is 5.32 Å². The lowest BCUT2D eigenvalue weighted by Gasteiger charge is -2.44. The highest BCUT2D eigenvalue weighted by atomic mass is 16.2. The summed E-state index contributed by atoms with van der Waals surface area (Å²) in [6.45, 7) is 6.54. The number of ketones is 1. The van der Waals surface area contributed by atoms with Crippen LogP contribution in [0.2, 0.25) is 0 Å². The van der Waals surface area contributed by atoms with Crippen LogP contribution in [0.5, 0.6) is 0 Å². The van der Waals surface area contributed by atoms with Gasteiger partial charge in [-0.25, -0.2) is 0 Å². The van der Waals surface area contributed by atoms with Crippen molar-refractivity contribution in [2.75, 3.05) is 0 Å². The Bertz CT molecular complexity index is 970. The molecule has 32 heavy (non-hydrogen) atoms. The summed E-state index contributed by atoms with van der Waals surface area (Å²) >= 11 is 0. The molecule has 6 atom stereocenters. The Morgan fingerprint density at radius 1 is 1.00 bits per heavy atom. The zero-order chi connectivity index (χ0) is 22.7. The van der Waals surface area contributed by atoms with Crippen LogP contribution < -0.4 is 5.32 Å². The van der Waals surface area contributed by atoms with E-state index in [1.165, 1.54) is 11.1 Å². The van der Waals surface area contributed by atoms with Gasteiger partial charge in [0.05, 0.1) is 0 Å². The zero-order valence-corrected chi connectivity index (χ0v) is 19.5. The highest BCUT2D eigenvalue weighted by molar-refractivity contribution is 6.13. The average Bonchev–Trinajstić information content (AvgIpc) is 3.07. The van der Waals surface area contributed by atoms with Crippen molar-refractivity contribution >= 4 is 11.7 Å². The third kappa shape index (κ3) is 4.05. The van der Waals surface area contributed by atoms with Crippen LogP contribution >= 0.6 is 0 Å². The first kappa shape index (κ1) is 22.5. The molecule has 1 heterocycles. The Morgan fingerprint density at radius 2 is 1.75 bits per heavy atom. The summed E-state index contributed by atoms with van der Waals surface area (Å²) in [5, 5.41) is 3.28. The number of carbonyl (C=O) groups is 2. The summed E-state index contributed by atoms with van der Waals surface area (Å²) in [7, 11) is 0. The second kappa shape index (κ2) is 9.44. The third-order valence-corrected chi connectivity index (χ3v) is 7.67. The summed E-state index contributed by atoms with van der Waals surface area (Å²) in [5.41, 5.74) is 1.38. The van der Waals surface area contributed by atoms with Gasteiger partial charge in [0.1, 0.15) is 5.41 Å². The maximum Gasteiger partial charge on any atom is 0.235 e. The lowest BCUT2D eigenvalue weighted by molar-refractivity contribution is -0.142. The lowest BCUT2D eigenvalue weighted by atomic mass is 9.55. The summed E-state index contributed by atoms with van der Waals surface area (Å²) in [6, 6.07) is 10.2. The monoisotopic (exact) mass is 429 g/mol. The van der Waals surface area contributed by atoms with Crippen LogP contribution in [0.25, 0.3) is 0 Å². The fourth-order valence-corrected chi connectivity index (χ4v) is 5.87. The number of nitrogens with one attached hydrogen (secondary N) is 1. The molecule has 1 spiro atoms. The number of carbonyl (C=O) groups excluding carboxylic acids is 2. The van der Waals surface area contributed by atoms with Crippen molar-refractivity contribution in [3.05, 3.63) is 84.0 Å².